The highest BCUT2D eigenvalue weighted by molar-refractivity contribution is 5.97. The third kappa shape index (κ3) is 7.76. The second-order valence-corrected chi connectivity index (χ2v) is 13.6. The van der Waals surface area contributed by atoms with Gasteiger partial charge in [-0.25, -0.2) is 4.39 Å². The molecule has 0 aromatic heterocycles. The number of halogens is 1. The molecule has 2 bridgehead atoms. The molecule has 3 aliphatic carbocycles. The van der Waals surface area contributed by atoms with Crippen molar-refractivity contribution < 1.29 is 13.9 Å². The number of carbonyl (C=O) groups excluding carboxylic acids is 1. The van der Waals surface area contributed by atoms with Crippen molar-refractivity contribution in [3.8, 4) is 5.75 Å². The number of benzene rings is 2. The SMILES string of the molecule is COc1ccc(CCCNC(=O)Cc2ccc(NC(CN3CCN[C@@H](C)C3)=N[C@H]3C[C@H]4C[C@@H]([C@@H]3C)C4(C)C)cc2)c(F)c1. The van der Waals surface area contributed by atoms with E-state index in [1.807, 2.05) is 12.1 Å². The van der Waals surface area contributed by atoms with Gasteiger partial charge in [-0.05, 0) is 85.1 Å². The Labute approximate surface area is 257 Å². The lowest BCUT2D eigenvalue weighted by molar-refractivity contribution is -0.120. The Balaban J connectivity index is 1.14. The molecular weight excluding hydrogens is 541 g/mol. The van der Waals surface area contributed by atoms with Crippen LogP contribution in [-0.4, -0.2) is 68.6 Å². The number of nitrogens with one attached hydrogen (secondary N) is 3. The fourth-order valence-corrected chi connectivity index (χ4v) is 7.46. The molecular formula is C35H50FN5O2. The van der Waals surface area contributed by atoms with Gasteiger partial charge in [-0.2, -0.15) is 0 Å². The molecule has 3 N–H and O–H groups in total. The highest BCUT2D eigenvalue weighted by Gasteiger charge is 2.56. The van der Waals surface area contributed by atoms with Crippen LogP contribution in [0, 0.1) is 29.0 Å². The molecule has 2 aromatic carbocycles. The van der Waals surface area contributed by atoms with Crippen molar-refractivity contribution in [2.45, 2.75) is 71.9 Å². The molecule has 43 heavy (non-hydrogen) atoms. The van der Waals surface area contributed by atoms with Crippen LogP contribution < -0.4 is 20.7 Å². The van der Waals surface area contributed by atoms with Crippen LogP contribution in [0.15, 0.2) is 47.5 Å². The zero-order valence-electron chi connectivity index (χ0n) is 26.6. The van der Waals surface area contributed by atoms with Crippen LogP contribution in [0.25, 0.3) is 0 Å². The smallest absolute Gasteiger partial charge is 0.224 e. The molecule has 0 spiro atoms. The Morgan fingerprint density at radius 3 is 2.63 bits per heavy atom. The van der Waals surface area contributed by atoms with E-state index >= 15 is 0 Å². The van der Waals surface area contributed by atoms with Crippen molar-refractivity contribution in [1.82, 2.24) is 15.5 Å². The fraction of sp³-hybridized carbons (Fsp3) is 0.600. The van der Waals surface area contributed by atoms with Gasteiger partial charge in [-0.3, -0.25) is 14.7 Å². The van der Waals surface area contributed by atoms with Gasteiger partial charge in [0.05, 0.1) is 26.1 Å². The lowest BCUT2D eigenvalue weighted by atomic mass is 9.45. The van der Waals surface area contributed by atoms with E-state index in [1.165, 1.54) is 26.0 Å². The largest absolute Gasteiger partial charge is 0.497 e. The van der Waals surface area contributed by atoms with Crippen molar-refractivity contribution >= 4 is 17.4 Å². The summed E-state index contributed by atoms with van der Waals surface area (Å²) >= 11 is 0. The number of fused-ring (bicyclic) bond motifs is 2. The lowest BCUT2D eigenvalue weighted by Gasteiger charge is -2.61. The summed E-state index contributed by atoms with van der Waals surface area (Å²) in [6.45, 7) is 13.9. The average Bonchev–Trinajstić information content (AvgIpc) is 2.97. The summed E-state index contributed by atoms with van der Waals surface area (Å²) in [5, 5.41) is 10.2. The number of aryl methyl sites for hydroxylation is 1. The maximum absolute atomic E-state index is 14.1. The molecule has 5 atom stereocenters. The second-order valence-electron chi connectivity index (χ2n) is 13.6. The summed E-state index contributed by atoms with van der Waals surface area (Å²) in [7, 11) is 1.52. The molecule has 4 aliphatic rings. The maximum atomic E-state index is 14.1. The number of ether oxygens (including phenoxy) is 1. The lowest BCUT2D eigenvalue weighted by Crippen LogP contribution is -2.56. The molecule has 1 aliphatic heterocycles. The number of methoxy groups -OCH3 is 1. The first kappa shape index (κ1) is 31.5. The highest BCUT2D eigenvalue weighted by Crippen LogP contribution is 2.61. The average molecular weight is 592 g/mol. The normalized spacial score (nSPS) is 26.8. The summed E-state index contributed by atoms with van der Waals surface area (Å²) in [6.07, 6.45) is 4.08. The molecule has 0 radical (unpaired) electrons. The van der Waals surface area contributed by atoms with Crippen LogP contribution in [0.3, 0.4) is 0 Å². The highest BCUT2D eigenvalue weighted by atomic mass is 19.1. The summed E-state index contributed by atoms with van der Waals surface area (Å²) in [6, 6.07) is 13.9. The molecule has 6 rings (SSSR count). The Morgan fingerprint density at radius 1 is 1.16 bits per heavy atom. The number of anilines is 1. The Bertz CT molecular complexity index is 1280. The van der Waals surface area contributed by atoms with E-state index in [-0.39, 0.29) is 11.7 Å². The Kier molecular flexibility index (Phi) is 10.1. The first-order valence-corrected chi connectivity index (χ1v) is 16.1. The number of rotatable bonds is 11. The number of aliphatic imine (C=N–C) groups is 1. The van der Waals surface area contributed by atoms with Gasteiger partial charge in [0.2, 0.25) is 5.91 Å². The topological polar surface area (TPSA) is 78.0 Å². The Morgan fingerprint density at radius 2 is 1.95 bits per heavy atom. The first-order chi connectivity index (χ1) is 20.6. The molecule has 3 saturated carbocycles. The van der Waals surface area contributed by atoms with Crippen molar-refractivity contribution in [3.05, 3.63) is 59.4 Å². The van der Waals surface area contributed by atoms with Gasteiger partial charge in [0, 0.05) is 44.0 Å². The predicted molar refractivity (Wildman–Crippen MR) is 172 cm³/mol. The van der Waals surface area contributed by atoms with Crippen LogP contribution in [0.2, 0.25) is 0 Å². The summed E-state index contributed by atoms with van der Waals surface area (Å²) < 4.78 is 19.2. The number of piperazine rings is 1. The van der Waals surface area contributed by atoms with E-state index in [1.54, 1.807) is 12.1 Å². The van der Waals surface area contributed by atoms with Crippen molar-refractivity contribution in [2.24, 2.45) is 28.2 Å². The number of amides is 1. The van der Waals surface area contributed by atoms with Gasteiger partial charge in [0.25, 0.3) is 0 Å². The minimum atomic E-state index is -0.274. The molecule has 2 aromatic rings. The van der Waals surface area contributed by atoms with Crippen LogP contribution in [0.5, 0.6) is 5.75 Å². The zero-order chi connectivity index (χ0) is 30.6. The molecule has 0 unspecified atom stereocenters. The van der Waals surface area contributed by atoms with Gasteiger partial charge in [0.15, 0.2) is 0 Å². The van der Waals surface area contributed by atoms with E-state index in [0.29, 0.717) is 60.5 Å². The molecule has 234 valence electrons. The molecule has 8 heteroatoms. The molecule has 7 nitrogen and oxygen atoms in total. The van der Waals surface area contributed by atoms with Crippen LogP contribution in [0.4, 0.5) is 10.1 Å². The monoisotopic (exact) mass is 591 g/mol. The van der Waals surface area contributed by atoms with Crippen molar-refractivity contribution in [1.29, 1.82) is 0 Å². The van der Waals surface area contributed by atoms with E-state index in [0.717, 1.165) is 55.1 Å². The van der Waals surface area contributed by atoms with Gasteiger partial charge in [-0.15, -0.1) is 0 Å². The standard InChI is InChI=1S/C35H50FN5O2/c1-23-21-41(16-15-37-23)22-33(40-32-19-27-18-30(24(32)2)35(27,3)4)39-28-11-8-25(9-12-28)17-34(42)38-14-6-7-26-10-13-29(43-5)20-31(26)36/h8-13,20,23-24,27,30,32,37H,6-7,14-19,21-22H2,1-5H3,(H,38,42)(H,39,40)/t23-,24-,27+,30-,32-/m0/s1. The third-order valence-corrected chi connectivity index (χ3v) is 10.3. The van der Waals surface area contributed by atoms with Gasteiger partial charge >= 0.3 is 0 Å². The van der Waals surface area contributed by atoms with E-state index in [2.05, 4.69) is 60.7 Å². The van der Waals surface area contributed by atoms with Gasteiger partial charge in [-0.1, -0.05) is 39.0 Å². The number of hydrogen-bond donors (Lipinski definition) is 3. The third-order valence-electron chi connectivity index (χ3n) is 10.3. The van der Waals surface area contributed by atoms with Gasteiger partial charge < -0.3 is 20.7 Å². The molecule has 4 fully saturated rings. The molecule has 1 amide bonds. The first-order valence-electron chi connectivity index (χ1n) is 16.1. The minimum absolute atomic E-state index is 0.0289. The van der Waals surface area contributed by atoms with E-state index in [4.69, 9.17) is 9.73 Å². The molecule has 1 saturated heterocycles. The van der Waals surface area contributed by atoms with E-state index in [9.17, 15) is 9.18 Å². The number of hydrogen-bond acceptors (Lipinski definition) is 5. The van der Waals surface area contributed by atoms with Crippen molar-refractivity contribution in [2.75, 3.05) is 45.2 Å². The summed E-state index contributed by atoms with van der Waals surface area (Å²) in [5.74, 6) is 3.38. The van der Waals surface area contributed by atoms with Crippen LogP contribution in [-0.2, 0) is 17.6 Å². The zero-order valence-corrected chi connectivity index (χ0v) is 26.6. The number of nitrogens with zero attached hydrogens (tertiary/aromatic N) is 2. The maximum Gasteiger partial charge on any atom is 0.224 e. The summed E-state index contributed by atoms with van der Waals surface area (Å²) in [5.41, 5.74) is 3.04. The predicted octanol–water partition coefficient (Wildman–Crippen LogP) is 5.30. The van der Waals surface area contributed by atoms with Crippen molar-refractivity contribution in [3.63, 3.8) is 0 Å². The van der Waals surface area contributed by atoms with Crippen LogP contribution in [0.1, 0.15) is 58.1 Å². The number of amidine groups is 1. The number of carbonyl (C=O) groups is 1. The van der Waals surface area contributed by atoms with Crippen LogP contribution >= 0.6 is 0 Å². The summed E-state index contributed by atoms with van der Waals surface area (Å²) in [4.78, 5) is 20.4. The quantitative estimate of drug-likeness (QED) is 0.188. The van der Waals surface area contributed by atoms with Gasteiger partial charge in [0.1, 0.15) is 17.4 Å². The second kappa shape index (κ2) is 13.8. The molecule has 1 heterocycles. The fourth-order valence-electron chi connectivity index (χ4n) is 7.46. The van der Waals surface area contributed by atoms with E-state index < -0.39 is 0 Å². The minimum Gasteiger partial charge on any atom is -0.497 e. The Hall–Kier alpha value is -2.97.